The van der Waals surface area contributed by atoms with Crippen molar-refractivity contribution in [2.24, 2.45) is 0 Å². The summed E-state index contributed by atoms with van der Waals surface area (Å²) in [4.78, 5) is 16.0. The van der Waals surface area contributed by atoms with Gasteiger partial charge in [-0.05, 0) is 95.0 Å². The van der Waals surface area contributed by atoms with Gasteiger partial charge in [0, 0.05) is 27.5 Å². The Kier molecular flexibility index (Phi) is 7.67. The van der Waals surface area contributed by atoms with Gasteiger partial charge in [0.2, 0.25) is 0 Å². The van der Waals surface area contributed by atoms with Crippen molar-refractivity contribution in [2.75, 3.05) is 0 Å². The molecule has 4 nitrogen and oxygen atoms in total. The van der Waals surface area contributed by atoms with Crippen LogP contribution >= 0.6 is 0 Å². The molecule has 314 valence electrons. The first-order valence-electron chi connectivity index (χ1n) is 23.4. The highest BCUT2D eigenvalue weighted by Gasteiger charge is 2.51. The van der Waals surface area contributed by atoms with Crippen LogP contribution in [0.4, 0.5) is 0 Å². The van der Waals surface area contributed by atoms with Crippen molar-refractivity contribution >= 4 is 54.1 Å². The van der Waals surface area contributed by atoms with E-state index in [1.165, 1.54) is 93.2 Å². The molecule has 11 aromatic carbocycles. The van der Waals surface area contributed by atoms with Gasteiger partial charge in [0.15, 0.2) is 17.5 Å². The van der Waals surface area contributed by atoms with Crippen LogP contribution in [0.25, 0.3) is 116 Å². The van der Waals surface area contributed by atoms with Crippen molar-refractivity contribution in [3.05, 3.63) is 253 Å². The fourth-order valence-corrected chi connectivity index (χ4v) is 12.1. The maximum Gasteiger partial charge on any atom is 0.164 e. The van der Waals surface area contributed by atoms with Gasteiger partial charge in [-0.15, -0.1) is 0 Å². The molecule has 2 aromatic heterocycles. The molecule has 13 aromatic rings. The highest BCUT2D eigenvalue weighted by atomic mass is 15.0. The second-order valence-electron chi connectivity index (χ2n) is 18.2. The third kappa shape index (κ3) is 4.95. The van der Waals surface area contributed by atoms with Crippen LogP contribution in [-0.4, -0.2) is 19.5 Å². The lowest BCUT2D eigenvalue weighted by Gasteiger charge is -2.39. The summed E-state index contributed by atoms with van der Waals surface area (Å²) in [5.41, 5.74) is 15.8. The second kappa shape index (κ2) is 14.0. The maximum absolute atomic E-state index is 5.43. The van der Waals surface area contributed by atoms with E-state index in [1.807, 2.05) is 18.2 Å². The molecule has 0 radical (unpaired) electrons. The summed E-state index contributed by atoms with van der Waals surface area (Å²) in [5, 5.41) is 9.85. The van der Waals surface area contributed by atoms with Crippen molar-refractivity contribution in [3.63, 3.8) is 0 Å². The topological polar surface area (TPSA) is 43.6 Å². The lowest BCUT2D eigenvalue weighted by atomic mass is 9.65. The predicted molar refractivity (Wildman–Crippen MR) is 279 cm³/mol. The maximum atomic E-state index is 5.43. The molecule has 2 aliphatic rings. The SMILES string of the molecule is c1ccc(-c2nc(-c3ccc4c5ccccc5c5ccccc5c4c3)nc(-c3ccccc3-c3cccc4c3-c3ccccc3C43c4ccccc4-n4c5ccccc5c5cccc3c54)n2)cc1. The molecule has 1 aliphatic heterocycles. The Bertz CT molecular complexity index is 4240. The third-order valence-corrected chi connectivity index (χ3v) is 14.8. The van der Waals surface area contributed by atoms with Crippen molar-refractivity contribution in [1.82, 2.24) is 19.5 Å². The second-order valence-corrected chi connectivity index (χ2v) is 18.2. The smallest absolute Gasteiger partial charge is 0.164 e. The van der Waals surface area contributed by atoms with E-state index in [1.54, 1.807) is 0 Å². The zero-order chi connectivity index (χ0) is 44.5. The molecule has 15 rings (SSSR count). The average Bonchev–Trinajstić information content (AvgIpc) is 3.92. The number of benzene rings is 11. The first kappa shape index (κ1) is 37.3. The number of aromatic nitrogens is 4. The standard InChI is InChI=1S/C64H38N4/c1-2-18-39(19-3-1)61-65-62(40-36-37-46-43-22-5-4-20-41(43)42-21-6-7-23-44(42)52(46)38-40)67-63(66-61)50-26-9-8-24-45(50)48-28-16-32-55-59(48)51-27-10-12-30-53(51)64(55)54-31-13-15-35-58(54)68-57-34-14-11-25-47(57)49-29-17-33-56(64)60(49)68/h1-38H. The van der Waals surface area contributed by atoms with E-state index >= 15 is 0 Å². The number of nitrogens with zero attached hydrogens (tertiary/aromatic N) is 4. The minimum atomic E-state index is -0.566. The lowest BCUT2D eigenvalue weighted by molar-refractivity contribution is 0.748. The largest absolute Gasteiger partial charge is 0.309 e. The normalized spacial score (nSPS) is 14.5. The molecule has 1 spiro atoms. The molecule has 3 heterocycles. The van der Waals surface area contributed by atoms with Crippen LogP contribution in [0.1, 0.15) is 22.3 Å². The Morgan fingerprint density at radius 2 is 0.809 bits per heavy atom. The molecule has 68 heavy (non-hydrogen) atoms. The summed E-state index contributed by atoms with van der Waals surface area (Å²) in [7, 11) is 0. The number of hydrogen-bond donors (Lipinski definition) is 0. The van der Waals surface area contributed by atoms with E-state index in [9.17, 15) is 0 Å². The number of para-hydroxylation sites is 3. The number of fused-ring (bicyclic) bond motifs is 18. The zero-order valence-corrected chi connectivity index (χ0v) is 36.7. The van der Waals surface area contributed by atoms with Gasteiger partial charge in [0.05, 0.1) is 22.1 Å². The van der Waals surface area contributed by atoms with Crippen molar-refractivity contribution in [3.8, 4) is 62.1 Å². The fourth-order valence-electron chi connectivity index (χ4n) is 12.1. The van der Waals surface area contributed by atoms with E-state index in [0.717, 1.165) is 27.8 Å². The molecule has 0 fully saturated rings. The monoisotopic (exact) mass is 862 g/mol. The van der Waals surface area contributed by atoms with Crippen LogP contribution in [0, 0.1) is 0 Å². The van der Waals surface area contributed by atoms with Gasteiger partial charge in [-0.3, -0.25) is 0 Å². The number of rotatable bonds is 4. The summed E-state index contributed by atoms with van der Waals surface area (Å²) < 4.78 is 2.50. The average molecular weight is 863 g/mol. The van der Waals surface area contributed by atoms with E-state index in [0.29, 0.717) is 17.5 Å². The summed E-state index contributed by atoms with van der Waals surface area (Å²) >= 11 is 0. The highest BCUT2D eigenvalue weighted by Crippen LogP contribution is 2.62. The Morgan fingerprint density at radius 1 is 0.294 bits per heavy atom. The predicted octanol–water partition coefficient (Wildman–Crippen LogP) is 15.8. The van der Waals surface area contributed by atoms with Gasteiger partial charge in [-0.25, -0.2) is 15.0 Å². The van der Waals surface area contributed by atoms with Gasteiger partial charge in [-0.1, -0.05) is 212 Å². The molecule has 4 heteroatoms. The highest BCUT2D eigenvalue weighted by molar-refractivity contribution is 6.25. The minimum Gasteiger partial charge on any atom is -0.309 e. The van der Waals surface area contributed by atoms with Crippen LogP contribution in [0.2, 0.25) is 0 Å². The molecule has 1 atom stereocenters. The van der Waals surface area contributed by atoms with Gasteiger partial charge >= 0.3 is 0 Å². The fraction of sp³-hybridized carbons (Fsp3) is 0.0156. The van der Waals surface area contributed by atoms with Gasteiger partial charge in [-0.2, -0.15) is 0 Å². The van der Waals surface area contributed by atoms with Crippen molar-refractivity contribution in [2.45, 2.75) is 5.41 Å². The van der Waals surface area contributed by atoms with E-state index < -0.39 is 5.41 Å². The first-order chi connectivity index (χ1) is 33.8. The van der Waals surface area contributed by atoms with Gasteiger partial charge in [0.1, 0.15) is 0 Å². The van der Waals surface area contributed by atoms with Crippen molar-refractivity contribution in [1.29, 1.82) is 0 Å². The Hall–Kier alpha value is -8.99. The quantitative estimate of drug-likeness (QED) is 0.166. The Balaban J connectivity index is 0.979. The van der Waals surface area contributed by atoms with Gasteiger partial charge < -0.3 is 4.57 Å². The zero-order valence-electron chi connectivity index (χ0n) is 36.7. The third-order valence-electron chi connectivity index (χ3n) is 14.8. The van der Waals surface area contributed by atoms with Crippen LogP contribution in [0.3, 0.4) is 0 Å². The van der Waals surface area contributed by atoms with E-state index in [4.69, 9.17) is 15.0 Å². The molecular weight excluding hydrogens is 825 g/mol. The summed E-state index contributed by atoms with van der Waals surface area (Å²) in [6.45, 7) is 0. The summed E-state index contributed by atoms with van der Waals surface area (Å²) in [6.07, 6.45) is 0. The van der Waals surface area contributed by atoms with Gasteiger partial charge in [0.25, 0.3) is 0 Å². The molecule has 0 bridgehead atoms. The molecule has 1 unspecified atom stereocenters. The minimum absolute atomic E-state index is 0.566. The Morgan fingerprint density at radius 3 is 1.59 bits per heavy atom. The van der Waals surface area contributed by atoms with Crippen LogP contribution < -0.4 is 0 Å². The summed E-state index contributed by atoms with van der Waals surface area (Å²) in [5.74, 6) is 1.89. The molecule has 1 aliphatic carbocycles. The molecular formula is C64H38N4. The Labute approximate surface area is 392 Å². The van der Waals surface area contributed by atoms with Crippen LogP contribution in [-0.2, 0) is 5.41 Å². The molecule has 0 amide bonds. The summed E-state index contributed by atoms with van der Waals surface area (Å²) in [6, 6.07) is 83.9. The first-order valence-corrected chi connectivity index (χ1v) is 23.4. The lowest BCUT2D eigenvalue weighted by Crippen LogP contribution is -2.33. The van der Waals surface area contributed by atoms with Crippen molar-refractivity contribution < 1.29 is 0 Å². The number of hydrogen-bond acceptors (Lipinski definition) is 3. The molecule has 0 saturated heterocycles. The molecule has 0 N–H and O–H groups in total. The molecule has 0 saturated carbocycles. The van der Waals surface area contributed by atoms with E-state index in [2.05, 4.69) is 217 Å². The van der Waals surface area contributed by atoms with E-state index in [-0.39, 0.29) is 0 Å². The van der Waals surface area contributed by atoms with Crippen LogP contribution in [0.15, 0.2) is 231 Å². The van der Waals surface area contributed by atoms with Crippen LogP contribution in [0.5, 0.6) is 0 Å².